The fourth-order valence-corrected chi connectivity index (χ4v) is 4.89. The highest BCUT2D eigenvalue weighted by Gasteiger charge is 2.39. The van der Waals surface area contributed by atoms with E-state index < -0.39 is 11.9 Å². The summed E-state index contributed by atoms with van der Waals surface area (Å²) in [5.41, 5.74) is -1.14. The third-order valence-electron chi connectivity index (χ3n) is 5.66. The molecular weight excluding hydrogens is 405 g/mol. The smallest absolute Gasteiger partial charge is 0.381 e. The van der Waals surface area contributed by atoms with Crippen molar-refractivity contribution >= 4 is 17.7 Å². The molecule has 0 bridgehead atoms. The van der Waals surface area contributed by atoms with Crippen LogP contribution in [0.3, 0.4) is 0 Å². The van der Waals surface area contributed by atoms with Crippen LogP contribution in [0, 0.1) is 5.41 Å². The second kappa shape index (κ2) is 7.64. The van der Waals surface area contributed by atoms with E-state index in [1.165, 1.54) is 22.9 Å². The lowest BCUT2D eigenvalue weighted by Gasteiger charge is -2.39. The lowest BCUT2D eigenvalue weighted by Crippen LogP contribution is -2.43. The monoisotopic (exact) mass is 426 g/mol. The van der Waals surface area contributed by atoms with Crippen molar-refractivity contribution in [3.63, 3.8) is 0 Å². The summed E-state index contributed by atoms with van der Waals surface area (Å²) in [4.78, 5) is 22.7. The summed E-state index contributed by atoms with van der Waals surface area (Å²) in [5.74, 6) is 0.537. The highest BCUT2D eigenvalue weighted by Crippen LogP contribution is 2.40. The molecule has 0 unspecified atom stereocenters. The molecule has 0 amide bonds. The Labute approximate surface area is 170 Å². The molecule has 2 aliphatic heterocycles. The molecule has 2 fully saturated rings. The predicted molar refractivity (Wildman–Crippen MR) is 102 cm³/mol. The Morgan fingerprint density at radius 1 is 1.17 bits per heavy atom. The topological polar surface area (TPSA) is 60.2 Å². The zero-order valence-corrected chi connectivity index (χ0v) is 16.7. The minimum absolute atomic E-state index is 0.118. The van der Waals surface area contributed by atoms with Crippen LogP contribution in [0.25, 0.3) is 0 Å². The van der Waals surface area contributed by atoms with Crippen LogP contribution in [0.5, 0.6) is 0 Å². The lowest BCUT2D eigenvalue weighted by molar-refractivity contribution is -0.143. The molecule has 156 valence electrons. The van der Waals surface area contributed by atoms with Crippen LogP contribution in [-0.4, -0.2) is 40.8 Å². The molecule has 0 radical (unpaired) electrons. The molecule has 4 rings (SSSR count). The molecule has 10 heteroatoms. The molecule has 29 heavy (non-hydrogen) atoms. The van der Waals surface area contributed by atoms with Gasteiger partial charge in [-0.25, -0.2) is 4.98 Å². The van der Waals surface area contributed by atoms with Gasteiger partial charge in [-0.05, 0) is 36.8 Å². The molecule has 6 nitrogen and oxygen atoms in total. The first-order chi connectivity index (χ1) is 13.8. The van der Waals surface area contributed by atoms with Crippen molar-refractivity contribution in [2.75, 3.05) is 31.2 Å². The maximum atomic E-state index is 13.2. The van der Waals surface area contributed by atoms with Gasteiger partial charge >= 0.3 is 6.18 Å². The summed E-state index contributed by atoms with van der Waals surface area (Å²) in [6.45, 7) is 3.14. The van der Waals surface area contributed by atoms with Gasteiger partial charge in [-0.3, -0.25) is 14.3 Å². The Bertz CT molecular complexity index is 947. The van der Waals surface area contributed by atoms with Gasteiger partial charge in [0.25, 0.3) is 5.56 Å². The van der Waals surface area contributed by atoms with E-state index in [1.807, 2.05) is 0 Å². The molecule has 2 aromatic rings. The summed E-state index contributed by atoms with van der Waals surface area (Å²) < 4.78 is 46.5. The molecule has 2 aliphatic rings. The van der Waals surface area contributed by atoms with Gasteiger partial charge in [-0.1, -0.05) is 11.8 Å². The van der Waals surface area contributed by atoms with Crippen molar-refractivity contribution in [3.8, 4) is 0 Å². The molecule has 4 heterocycles. The van der Waals surface area contributed by atoms with Crippen LogP contribution in [0.2, 0.25) is 0 Å². The Hall–Kier alpha value is -2.07. The van der Waals surface area contributed by atoms with Crippen molar-refractivity contribution in [2.24, 2.45) is 12.5 Å². The van der Waals surface area contributed by atoms with Crippen molar-refractivity contribution in [1.82, 2.24) is 14.5 Å². The van der Waals surface area contributed by atoms with Crippen molar-refractivity contribution in [3.05, 3.63) is 40.6 Å². The van der Waals surface area contributed by atoms with Crippen molar-refractivity contribution in [2.45, 2.75) is 35.2 Å². The minimum atomic E-state index is -4.59. The molecular formula is C19H21F3N4O2S. The van der Waals surface area contributed by atoms with Crippen LogP contribution in [0.15, 0.2) is 39.1 Å². The van der Waals surface area contributed by atoms with Gasteiger partial charge in [0.2, 0.25) is 5.95 Å². The summed E-state index contributed by atoms with van der Waals surface area (Å²) in [7, 11) is 1.60. The van der Waals surface area contributed by atoms with Crippen LogP contribution < -0.4 is 10.5 Å². The maximum Gasteiger partial charge on any atom is 0.434 e. The molecule has 0 N–H and O–H groups in total. The number of piperidine rings is 1. The van der Waals surface area contributed by atoms with Gasteiger partial charge < -0.3 is 9.64 Å². The first-order valence-electron chi connectivity index (χ1n) is 9.38. The summed E-state index contributed by atoms with van der Waals surface area (Å²) in [6, 6.07) is 2.72. The van der Waals surface area contributed by atoms with E-state index in [0.717, 1.165) is 63.5 Å². The van der Waals surface area contributed by atoms with E-state index >= 15 is 0 Å². The standard InChI is InChI=1S/C19H21F3N4O2S/c1-25-16(27)14(29-13-3-2-7-23-15(13)19(20,21)22)11-24-17(25)26-8-4-18(5-9-26)6-10-28-12-18/h2-3,7,11H,4-6,8-10,12H2,1H3. The van der Waals surface area contributed by atoms with E-state index in [4.69, 9.17) is 4.74 Å². The normalized spacial score (nSPS) is 19.1. The molecule has 0 aliphatic carbocycles. The van der Waals surface area contributed by atoms with Crippen LogP contribution in [0.1, 0.15) is 25.0 Å². The maximum absolute atomic E-state index is 13.2. The zero-order valence-electron chi connectivity index (χ0n) is 15.9. The van der Waals surface area contributed by atoms with Crippen LogP contribution in [-0.2, 0) is 18.0 Å². The Balaban J connectivity index is 1.55. The second-order valence-electron chi connectivity index (χ2n) is 7.53. The van der Waals surface area contributed by atoms with E-state index in [1.54, 1.807) is 7.05 Å². The zero-order chi connectivity index (χ0) is 20.6. The summed E-state index contributed by atoms with van der Waals surface area (Å²) in [6.07, 6.45) is 0.878. The fourth-order valence-electron chi connectivity index (χ4n) is 3.91. The largest absolute Gasteiger partial charge is 0.434 e. The fraction of sp³-hybridized carbons (Fsp3) is 0.526. The first-order valence-corrected chi connectivity index (χ1v) is 10.2. The van der Waals surface area contributed by atoms with Gasteiger partial charge in [0.15, 0.2) is 5.69 Å². The molecule has 0 saturated carbocycles. The number of nitrogens with zero attached hydrogens (tertiary/aromatic N) is 4. The van der Waals surface area contributed by atoms with Gasteiger partial charge in [0.1, 0.15) is 0 Å². The number of anilines is 1. The average Bonchev–Trinajstić information content (AvgIpc) is 3.14. The van der Waals surface area contributed by atoms with E-state index in [-0.39, 0.29) is 20.8 Å². The number of pyridine rings is 1. The summed E-state index contributed by atoms with van der Waals surface area (Å²) >= 11 is 0.739. The average molecular weight is 426 g/mol. The molecule has 0 aromatic carbocycles. The number of hydrogen-bond acceptors (Lipinski definition) is 6. The first kappa shape index (κ1) is 20.2. The number of alkyl halides is 3. The number of ether oxygens (including phenoxy) is 1. The van der Waals surface area contributed by atoms with E-state index in [2.05, 4.69) is 14.9 Å². The number of hydrogen-bond donors (Lipinski definition) is 0. The number of halogens is 3. The Morgan fingerprint density at radius 3 is 2.59 bits per heavy atom. The van der Waals surface area contributed by atoms with Crippen molar-refractivity contribution < 1.29 is 17.9 Å². The molecule has 0 atom stereocenters. The van der Waals surface area contributed by atoms with Crippen LogP contribution >= 0.6 is 11.8 Å². The van der Waals surface area contributed by atoms with Gasteiger partial charge in [-0.2, -0.15) is 13.2 Å². The third-order valence-corrected chi connectivity index (χ3v) is 6.71. The summed E-state index contributed by atoms with van der Waals surface area (Å²) in [5, 5.41) is 0. The SMILES string of the molecule is Cn1c(N2CCC3(CCOC3)CC2)ncc(Sc2cccnc2C(F)(F)F)c1=O. The van der Waals surface area contributed by atoms with E-state index in [9.17, 15) is 18.0 Å². The van der Waals surface area contributed by atoms with Crippen molar-refractivity contribution in [1.29, 1.82) is 0 Å². The predicted octanol–water partition coefficient (Wildman–Crippen LogP) is 3.35. The number of rotatable bonds is 3. The minimum Gasteiger partial charge on any atom is -0.381 e. The molecule has 1 spiro atoms. The molecule has 2 aromatic heterocycles. The number of aromatic nitrogens is 3. The highest BCUT2D eigenvalue weighted by molar-refractivity contribution is 7.99. The van der Waals surface area contributed by atoms with Gasteiger partial charge in [-0.15, -0.1) is 0 Å². The van der Waals surface area contributed by atoms with E-state index in [0.29, 0.717) is 5.95 Å². The van der Waals surface area contributed by atoms with Gasteiger partial charge in [0.05, 0.1) is 17.7 Å². The second-order valence-corrected chi connectivity index (χ2v) is 8.61. The quantitative estimate of drug-likeness (QED) is 0.750. The Kier molecular flexibility index (Phi) is 5.32. The third kappa shape index (κ3) is 4.00. The highest BCUT2D eigenvalue weighted by atomic mass is 32.2. The Morgan fingerprint density at radius 2 is 1.93 bits per heavy atom. The molecule has 2 saturated heterocycles. The van der Waals surface area contributed by atoms with Crippen LogP contribution in [0.4, 0.5) is 19.1 Å². The van der Waals surface area contributed by atoms with Gasteiger partial charge in [0, 0.05) is 37.8 Å². The lowest BCUT2D eigenvalue weighted by atomic mass is 9.78.